The molecule has 1 fully saturated rings. The topological polar surface area (TPSA) is 80.3 Å². The Bertz CT molecular complexity index is 723. The van der Waals surface area contributed by atoms with Crippen LogP contribution in [0.2, 0.25) is 0 Å². The molecule has 0 spiro atoms. The molecule has 0 amide bonds. The molecule has 2 rings (SSSR count). The number of rotatable bonds is 5. The van der Waals surface area contributed by atoms with Crippen molar-refractivity contribution in [3.63, 3.8) is 0 Å². The molecular weight excluding hydrogens is 322 g/mol. The highest BCUT2D eigenvalue weighted by Crippen LogP contribution is 2.26. The molecule has 1 heterocycles. The molecule has 3 atom stereocenters. The van der Waals surface area contributed by atoms with Gasteiger partial charge in [0.15, 0.2) is 19.7 Å². The summed E-state index contributed by atoms with van der Waals surface area (Å²) in [5.74, 6) is -0.426. The number of nitrogens with one attached hydrogen (secondary N) is 1. The maximum atomic E-state index is 12.8. The van der Waals surface area contributed by atoms with E-state index in [1.807, 2.05) is 20.8 Å². The maximum Gasteiger partial charge on any atom is 0.183 e. The quantitative estimate of drug-likeness (QED) is 0.871. The summed E-state index contributed by atoms with van der Waals surface area (Å²) in [4.78, 5) is 0.191. The van der Waals surface area contributed by atoms with Crippen molar-refractivity contribution in [1.29, 1.82) is 0 Å². The van der Waals surface area contributed by atoms with Crippen molar-refractivity contribution in [2.75, 3.05) is 11.5 Å². The summed E-state index contributed by atoms with van der Waals surface area (Å²) in [5.41, 5.74) is 0.965. The van der Waals surface area contributed by atoms with Crippen molar-refractivity contribution in [1.82, 2.24) is 5.32 Å². The van der Waals surface area contributed by atoms with E-state index in [9.17, 15) is 16.8 Å². The molecule has 0 bridgehead atoms. The Morgan fingerprint density at radius 1 is 1.23 bits per heavy atom. The van der Waals surface area contributed by atoms with Crippen LogP contribution >= 0.6 is 0 Å². The Labute approximate surface area is 133 Å². The third kappa shape index (κ3) is 3.70. The smallest absolute Gasteiger partial charge is 0.183 e. The molecule has 1 aliphatic heterocycles. The molecule has 1 N–H and O–H groups in total. The standard InChI is InChI=1S/C15H23NO4S2/c1-4-12(3)16-14-9-21(17,18)10-15(14)22(19,20)13-7-5-11(2)6-8-13/h5-8,12,14-16H,4,9-10H2,1-3H3/t12-,14-,15-/m0/s1. The van der Waals surface area contributed by atoms with E-state index < -0.39 is 31.0 Å². The molecular formula is C15H23NO4S2. The average Bonchev–Trinajstić information content (AvgIpc) is 2.74. The number of hydrogen-bond acceptors (Lipinski definition) is 5. The molecule has 22 heavy (non-hydrogen) atoms. The summed E-state index contributed by atoms with van der Waals surface area (Å²) >= 11 is 0. The second-order valence-corrected chi connectivity index (χ2v) is 10.4. The maximum absolute atomic E-state index is 12.8. The van der Waals surface area contributed by atoms with Crippen LogP contribution in [0, 0.1) is 6.92 Å². The summed E-state index contributed by atoms with van der Waals surface area (Å²) in [7, 11) is -7.01. The van der Waals surface area contributed by atoms with Crippen LogP contribution in [0.15, 0.2) is 29.2 Å². The SMILES string of the molecule is CC[C@H](C)N[C@H]1CS(=O)(=O)C[C@@H]1S(=O)(=O)c1ccc(C)cc1. The third-order valence-electron chi connectivity index (χ3n) is 4.16. The van der Waals surface area contributed by atoms with Crippen LogP contribution in [-0.2, 0) is 19.7 Å². The first-order valence-corrected chi connectivity index (χ1v) is 10.8. The van der Waals surface area contributed by atoms with Gasteiger partial charge in [0.1, 0.15) is 0 Å². The number of aryl methyl sites for hydroxylation is 1. The molecule has 1 saturated heterocycles. The zero-order valence-corrected chi connectivity index (χ0v) is 14.7. The fraction of sp³-hybridized carbons (Fsp3) is 0.600. The van der Waals surface area contributed by atoms with Crippen molar-refractivity contribution in [3.8, 4) is 0 Å². The van der Waals surface area contributed by atoms with E-state index >= 15 is 0 Å². The van der Waals surface area contributed by atoms with Gasteiger partial charge in [-0.2, -0.15) is 0 Å². The lowest BCUT2D eigenvalue weighted by molar-refractivity contribution is 0.456. The lowest BCUT2D eigenvalue weighted by Gasteiger charge is -2.23. The predicted molar refractivity (Wildman–Crippen MR) is 87.5 cm³/mol. The van der Waals surface area contributed by atoms with Gasteiger partial charge >= 0.3 is 0 Å². The van der Waals surface area contributed by atoms with Crippen LogP contribution < -0.4 is 5.32 Å². The molecule has 7 heteroatoms. The van der Waals surface area contributed by atoms with Crippen molar-refractivity contribution >= 4 is 19.7 Å². The Kier molecular flexibility index (Phi) is 4.99. The monoisotopic (exact) mass is 345 g/mol. The summed E-state index contributed by atoms with van der Waals surface area (Å²) in [6.45, 7) is 5.79. The van der Waals surface area contributed by atoms with Crippen molar-refractivity contribution in [2.24, 2.45) is 0 Å². The highest BCUT2D eigenvalue weighted by Gasteiger charge is 2.45. The minimum absolute atomic E-state index is 0.0778. The normalized spacial score (nSPS) is 26.0. The van der Waals surface area contributed by atoms with Crippen molar-refractivity contribution < 1.29 is 16.8 Å². The van der Waals surface area contributed by atoms with Gasteiger partial charge in [0.05, 0.1) is 21.7 Å². The Balaban J connectivity index is 2.36. The van der Waals surface area contributed by atoms with Crippen molar-refractivity contribution in [2.45, 2.75) is 49.4 Å². The summed E-state index contributed by atoms with van der Waals surface area (Å²) < 4.78 is 49.5. The summed E-state index contributed by atoms with van der Waals surface area (Å²) in [5, 5.41) is 2.24. The van der Waals surface area contributed by atoms with Gasteiger partial charge in [0, 0.05) is 12.1 Å². The van der Waals surface area contributed by atoms with Gasteiger partial charge in [-0.05, 0) is 32.4 Å². The van der Waals surface area contributed by atoms with Gasteiger partial charge in [0.2, 0.25) is 0 Å². The Morgan fingerprint density at radius 3 is 2.36 bits per heavy atom. The molecule has 0 aliphatic carbocycles. The molecule has 0 radical (unpaired) electrons. The fourth-order valence-corrected chi connectivity index (χ4v) is 7.34. The highest BCUT2D eigenvalue weighted by atomic mass is 32.2. The zero-order chi connectivity index (χ0) is 16.5. The minimum Gasteiger partial charge on any atom is -0.309 e. The lowest BCUT2D eigenvalue weighted by Crippen LogP contribution is -2.46. The van der Waals surface area contributed by atoms with Crippen LogP contribution in [-0.4, -0.2) is 45.7 Å². The van der Waals surface area contributed by atoms with E-state index in [-0.39, 0.29) is 22.4 Å². The van der Waals surface area contributed by atoms with Gasteiger partial charge in [-0.15, -0.1) is 0 Å². The predicted octanol–water partition coefficient (Wildman–Crippen LogP) is 1.32. The molecule has 124 valence electrons. The molecule has 1 aromatic rings. The van der Waals surface area contributed by atoms with Crippen LogP contribution in [0.5, 0.6) is 0 Å². The third-order valence-corrected chi connectivity index (χ3v) is 8.33. The van der Waals surface area contributed by atoms with Gasteiger partial charge in [-0.1, -0.05) is 24.6 Å². The van der Waals surface area contributed by atoms with Crippen LogP contribution in [0.1, 0.15) is 25.8 Å². The highest BCUT2D eigenvalue weighted by molar-refractivity contribution is 7.96. The van der Waals surface area contributed by atoms with Crippen LogP contribution in [0.25, 0.3) is 0 Å². The number of benzene rings is 1. The Morgan fingerprint density at radius 2 is 1.82 bits per heavy atom. The first kappa shape index (κ1) is 17.4. The molecule has 0 aromatic heterocycles. The van der Waals surface area contributed by atoms with Gasteiger partial charge in [-0.25, -0.2) is 16.8 Å². The van der Waals surface area contributed by atoms with Crippen molar-refractivity contribution in [3.05, 3.63) is 29.8 Å². The second-order valence-electron chi connectivity index (χ2n) is 6.06. The van der Waals surface area contributed by atoms with Gasteiger partial charge in [0.25, 0.3) is 0 Å². The number of hydrogen-bond donors (Lipinski definition) is 1. The fourth-order valence-electron chi connectivity index (χ4n) is 2.66. The average molecular weight is 345 g/mol. The minimum atomic E-state index is -3.67. The molecule has 0 saturated carbocycles. The summed E-state index contributed by atoms with van der Waals surface area (Å²) in [6.07, 6.45) is 0.813. The molecule has 5 nitrogen and oxygen atoms in total. The number of sulfone groups is 2. The molecule has 1 aromatic carbocycles. The summed E-state index contributed by atoms with van der Waals surface area (Å²) in [6, 6.07) is 6.09. The van der Waals surface area contributed by atoms with Crippen LogP contribution in [0.3, 0.4) is 0 Å². The Hall–Kier alpha value is -0.920. The van der Waals surface area contributed by atoms with Gasteiger partial charge in [-0.3, -0.25) is 0 Å². The first-order valence-electron chi connectivity index (χ1n) is 7.43. The largest absolute Gasteiger partial charge is 0.309 e. The second kappa shape index (κ2) is 6.29. The zero-order valence-electron chi connectivity index (χ0n) is 13.1. The van der Waals surface area contributed by atoms with E-state index in [1.165, 1.54) is 0 Å². The first-order chi connectivity index (χ1) is 10.2. The lowest BCUT2D eigenvalue weighted by atomic mass is 10.2. The van der Waals surface area contributed by atoms with E-state index in [0.717, 1.165) is 12.0 Å². The van der Waals surface area contributed by atoms with E-state index in [1.54, 1.807) is 24.3 Å². The molecule has 0 unspecified atom stereocenters. The van der Waals surface area contributed by atoms with E-state index in [4.69, 9.17) is 0 Å². The van der Waals surface area contributed by atoms with Gasteiger partial charge < -0.3 is 5.32 Å². The molecule has 1 aliphatic rings. The van der Waals surface area contributed by atoms with E-state index in [0.29, 0.717) is 0 Å². The van der Waals surface area contributed by atoms with E-state index in [2.05, 4.69) is 5.32 Å². The van der Waals surface area contributed by atoms with Crippen LogP contribution in [0.4, 0.5) is 0 Å².